The smallest absolute Gasteiger partial charge is 0.156 e. The zero-order valence-electron chi connectivity index (χ0n) is 15.5. The van der Waals surface area contributed by atoms with E-state index < -0.39 is 0 Å². The van der Waals surface area contributed by atoms with Crippen LogP contribution in [0.15, 0.2) is 11.6 Å². The summed E-state index contributed by atoms with van der Waals surface area (Å²) in [4.78, 5) is 12.1. The van der Waals surface area contributed by atoms with Gasteiger partial charge in [0.2, 0.25) is 0 Å². The van der Waals surface area contributed by atoms with Gasteiger partial charge in [0.05, 0.1) is 0 Å². The van der Waals surface area contributed by atoms with Crippen LogP contribution < -0.4 is 0 Å². The Morgan fingerprint density at radius 2 is 1.87 bits per heavy atom. The Labute approximate surface area is 142 Å². The van der Waals surface area contributed by atoms with Crippen molar-refractivity contribution < 1.29 is 4.79 Å². The van der Waals surface area contributed by atoms with Crippen LogP contribution >= 0.6 is 0 Å². The molecule has 0 unspecified atom stereocenters. The monoisotopic (exact) mass is 314 g/mol. The summed E-state index contributed by atoms with van der Waals surface area (Å²) in [5, 5.41) is 0. The Balaban J connectivity index is 1.62. The van der Waals surface area contributed by atoms with Gasteiger partial charge < -0.3 is 0 Å². The number of allylic oxidation sites excluding steroid dienone is 2. The highest BCUT2D eigenvalue weighted by molar-refractivity contribution is 5.95. The molecule has 0 heterocycles. The standard InChI is InChI=1S/C22H34O/c1-14-9-11-21(3)16(13-14)5-6-17-19-8-7-18(15(2)23)22(19,4)12-10-20(17)21/h7,14,16-17,19-20H,5-6,8-13H2,1-4H3/t14-,16-,17-,19-,20-,21-,22+/m0/s1. The van der Waals surface area contributed by atoms with Gasteiger partial charge in [-0.25, -0.2) is 0 Å². The van der Waals surface area contributed by atoms with E-state index in [2.05, 4.69) is 26.8 Å². The molecule has 0 aromatic rings. The third kappa shape index (κ3) is 2.14. The van der Waals surface area contributed by atoms with E-state index in [-0.39, 0.29) is 5.41 Å². The highest BCUT2D eigenvalue weighted by Gasteiger charge is 2.58. The Bertz CT molecular complexity index is 546. The lowest BCUT2D eigenvalue weighted by atomic mass is 9.44. The van der Waals surface area contributed by atoms with E-state index >= 15 is 0 Å². The maximum absolute atomic E-state index is 12.1. The third-order valence-electron chi connectivity index (χ3n) is 8.89. The van der Waals surface area contributed by atoms with Crippen molar-refractivity contribution in [3.05, 3.63) is 11.6 Å². The second kappa shape index (κ2) is 5.20. The van der Waals surface area contributed by atoms with Gasteiger partial charge in [-0.05, 0) is 97.9 Å². The first-order valence-electron chi connectivity index (χ1n) is 10.1. The van der Waals surface area contributed by atoms with Crippen LogP contribution in [0.1, 0.15) is 79.1 Å². The van der Waals surface area contributed by atoms with Crippen molar-refractivity contribution in [1.29, 1.82) is 0 Å². The molecule has 0 aliphatic heterocycles. The molecular formula is C22H34O. The maximum Gasteiger partial charge on any atom is 0.156 e. The van der Waals surface area contributed by atoms with Gasteiger partial charge in [-0.2, -0.15) is 0 Å². The second-order valence-corrected chi connectivity index (χ2v) is 9.90. The molecule has 0 aromatic heterocycles. The van der Waals surface area contributed by atoms with Gasteiger partial charge in [0.25, 0.3) is 0 Å². The molecule has 3 fully saturated rings. The van der Waals surface area contributed by atoms with E-state index in [4.69, 9.17) is 0 Å². The summed E-state index contributed by atoms with van der Waals surface area (Å²) < 4.78 is 0. The van der Waals surface area contributed by atoms with Crippen LogP contribution in [-0.4, -0.2) is 5.78 Å². The number of Topliss-reactive ketones (excluding diaryl/α,β-unsaturated/α-hetero) is 1. The predicted octanol–water partition coefficient (Wildman–Crippen LogP) is 5.79. The molecule has 128 valence electrons. The number of carbonyl (C=O) groups excluding carboxylic acids is 1. The summed E-state index contributed by atoms with van der Waals surface area (Å²) in [5.41, 5.74) is 1.96. The molecule has 3 saturated carbocycles. The highest BCUT2D eigenvalue weighted by atomic mass is 16.1. The average molecular weight is 315 g/mol. The van der Waals surface area contributed by atoms with Gasteiger partial charge in [-0.1, -0.05) is 33.3 Å². The molecule has 0 spiro atoms. The van der Waals surface area contributed by atoms with Crippen LogP contribution in [0.5, 0.6) is 0 Å². The van der Waals surface area contributed by atoms with Crippen LogP contribution in [-0.2, 0) is 4.79 Å². The zero-order valence-corrected chi connectivity index (χ0v) is 15.5. The van der Waals surface area contributed by atoms with Crippen molar-refractivity contribution in [2.45, 2.75) is 79.1 Å². The molecule has 1 heteroatoms. The van der Waals surface area contributed by atoms with Gasteiger partial charge in [-0.15, -0.1) is 0 Å². The molecule has 0 radical (unpaired) electrons. The van der Waals surface area contributed by atoms with Crippen molar-refractivity contribution >= 4 is 5.78 Å². The molecule has 1 nitrogen and oxygen atoms in total. The van der Waals surface area contributed by atoms with Gasteiger partial charge in [0.15, 0.2) is 5.78 Å². The molecule has 4 aliphatic carbocycles. The Morgan fingerprint density at radius 1 is 1.09 bits per heavy atom. The van der Waals surface area contributed by atoms with Crippen LogP contribution in [0.2, 0.25) is 0 Å². The molecule has 4 rings (SSSR count). The minimum absolute atomic E-state index is 0.193. The summed E-state index contributed by atoms with van der Waals surface area (Å²) in [7, 11) is 0. The van der Waals surface area contributed by atoms with E-state index in [0.29, 0.717) is 11.2 Å². The van der Waals surface area contributed by atoms with Gasteiger partial charge in [0, 0.05) is 0 Å². The minimum atomic E-state index is 0.193. The number of fused-ring (bicyclic) bond motifs is 5. The maximum atomic E-state index is 12.1. The molecule has 23 heavy (non-hydrogen) atoms. The molecule has 0 N–H and O–H groups in total. The summed E-state index contributed by atoms with van der Waals surface area (Å²) >= 11 is 0. The number of hydrogen-bond donors (Lipinski definition) is 0. The number of rotatable bonds is 1. The fourth-order valence-electron chi connectivity index (χ4n) is 7.59. The SMILES string of the molecule is CC(=O)C1=CC[C@H]2[C@@H]3CC[C@H]4C[C@@H](C)CC[C@]4(C)[C@H]3CC[C@]12C. The summed E-state index contributed by atoms with van der Waals surface area (Å²) in [6.45, 7) is 9.29. The summed E-state index contributed by atoms with van der Waals surface area (Å²) in [5.74, 6) is 4.79. The average Bonchev–Trinajstić information content (AvgIpc) is 2.85. The van der Waals surface area contributed by atoms with Crippen LogP contribution in [0, 0.1) is 40.4 Å². The number of hydrogen-bond acceptors (Lipinski definition) is 1. The lowest BCUT2D eigenvalue weighted by Crippen LogP contribution is -2.53. The van der Waals surface area contributed by atoms with E-state index in [1.165, 1.54) is 56.9 Å². The molecule has 0 saturated heterocycles. The number of ketones is 1. The molecule has 0 amide bonds. The van der Waals surface area contributed by atoms with Gasteiger partial charge >= 0.3 is 0 Å². The highest BCUT2D eigenvalue weighted by Crippen LogP contribution is 2.66. The number of carbonyl (C=O) groups is 1. The van der Waals surface area contributed by atoms with Crippen molar-refractivity contribution in [1.82, 2.24) is 0 Å². The lowest BCUT2D eigenvalue weighted by molar-refractivity contribution is -0.120. The Morgan fingerprint density at radius 3 is 2.61 bits per heavy atom. The first-order chi connectivity index (χ1) is 10.9. The van der Waals surface area contributed by atoms with E-state index in [0.717, 1.165) is 29.6 Å². The van der Waals surface area contributed by atoms with Crippen molar-refractivity contribution in [2.75, 3.05) is 0 Å². The first-order valence-corrected chi connectivity index (χ1v) is 10.1. The molecule has 4 aliphatic rings. The van der Waals surface area contributed by atoms with Crippen LogP contribution in [0.3, 0.4) is 0 Å². The second-order valence-electron chi connectivity index (χ2n) is 9.90. The summed E-state index contributed by atoms with van der Waals surface area (Å²) in [6.07, 6.45) is 13.3. The molecule has 0 aromatic carbocycles. The lowest BCUT2D eigenvalue weighted by Gasteiger charge is -2.60. The molecular weight excluding hydrogens is 280 g/mol. The minimum Gasteiger partial charge on any atom is -0.295 e. The van der Waals surface area contributed by atoms with Crippen molar-refractivity contribution in [3.63, 3.8) is 0 Å². The van der Waals surface area contributed by atoms with E-state index in [1.807, 2.05) is 0 Å². The van der Waals surface area contributed by atoms with E-state index in [1.54, 1.807) is 6.92 Å². The molecule has 0 bridgehead atoms. The van der Waals surface area contributed by atoms with Crippen LogP contribution in [0.25, 0.3) is 0 Å². The van der Waals surface area contributed by atoms with Gasteiger partial charge in [0.1, 0.15) is 0 Å². The topological polar surface area (TPSA) is 17.1 Å². The first kappa shape index (κ1) is 15.9. The fourth-order valence-corrected chi connectivity index (χ4v) is 7.59. The largest absolute Gasteiger partial charge is 0.295 e. The van der Waals surface area contributed by atoms with Gasteiger partial charge in [-0.3, -0.25) is 4.79 Å². The quantitative estimate of drug-likeness (QED) is 0.598. The Kier molecular flexibility index (Phi) is 3.60. The van der Waals surface area contributed by atoms with Crippen molar-refractivity contribution in [2.24, 2.45) is 40.4 Å². The van der Waals surface area contributed by atoms with Crippen molar-refractivity contribution in [3.8, 4) is 0 Å². The Hall–Kier alpha value is -0.590. The zero-order chi connectivity index (χ0) is 16.4. The predicted molar refractivity (Wildman–Crippen MR) is 95.0 cm³/mol. The fraction of sp³-hybridized carbons (Fsp3) is 0.864. The normalized spacial score (nSPS) is 52.2. The van der Waals surface area contributed by atoms with E-state index in [9.17, 15) is 4.79 Å². The third-order valence-corrected chi connectivity index (χ3v) is 8.89. The summed E-state index contributed by atoms with van der Waals surface area (Å²) in [6, 6.07) is 0. The molecule has 7 atom stereocenters. The van der Waals surface area contributed by atoms with Crippen LogP contribution in [0.4, 0.5) is 0 Å².